The standard InChI is InChI=1S/C16H20N2O3/c1-4-9(2)14(16(20)21)18-15(19)13-10(3)17-12-8-6-5-7-11(12)13/h5-9,14,17H,4H2,1-3H3,(H,18,19)(H,20,21)/t9?,14-/m0/s1. The van der Waals surface area contributed by atoms with E-state index in [4.69, 9.17) is 0 Å². The highest BCUT2D eigenvalue weighted by atomic mass is 16.4. The molecule has 1 aromatic heterocycles. The molecule has 0 radical (unpaired) electrons. The molecule has 2 rings (SSSR count). The Morgan fingerprint density at radius 1 is 1.33 bits per heavy atom. The first-order valence-corrected chi connectivity index (χ1v) is 7.06. The number of H-pyrrole nitrogens is 1. The number of carbonyl (C=O) groups excluding carboxylic acids is 1. The Hall–Kier alpha value is -2.30. The van der Waals surface area contributed by atoms with Crippen LogP contribution in [0.25, 0.3) is 10.9 Å². The maximum absolute atomic E-state index is 12.5. The molecule has 1 heterocycles. The smallest absolute Gasteiger partial charge is 0.326 e. The van der Waals surface area contributed by atoms with Gasteiger partial charge in [-0.25, -0.2) is 4.79 Å². The SMILES string of the molecule is CCC(C)[C@H](NC(=O)c1c(C)[nH]c2ccccc12)C(=O)O. The fourth-order valence-electron chi connectivity index (χ4n) is 2.47. The summed E-state index contributed by atoms with van der Waals surface area (Å²) in [5.74, 6) is -1.48. The molecule has 21 heavy (non-hydrogen) atoms. The maximum Gasteiger partial charge on any atom is 0.326 e. The summed E-state index contributed by atoms with van der Waals surface area (Å²) in [6.07, 6.45) is 0.685. The highest BCUT2D eigenvalue weighted by molar-refractivity contribution is 6.09. The Morgan fingerprint density at radius 3 is 2.62 bits per heavy atom. The molecule has 0 saturated heterocycles. The lowest BCUT2D eigenvalue weighted by Gasteiger charge is -2.20. The third kappa shape index (κ3) is 2.91. The average molecular weight is 288 g/mol. The lowest BCUT2D eigenvalue weighted by Crippen LogP contribution is -2.45. The van der Waals surface area contributed by atoms with Gasteiger partial charge < -0.3 is 15.4 Å². The quantitative estimate of drug-likeness (QED) is 0.791. The molecular weight excluding hydrogens is 268 g/mol. The molecule has 0 saturated carbocycles. The van der Waals surface area contributed by atoms with E-state index in [1.54, 1.807) is 0 Å². The van der Waals surface area contributed by atoms with Crippen molar-refractivity contribution in [2.24, 2.45) is 5.92 Å². The van der Waals surface area contributed by atoms with Crippen LogP contribution in [-0.4, -0.2) is 28.0 Å². The van der Waals surface area contributed by atoms with Crippen LogP contribution in [-0.2, 0) is 4.79 Å². The van der Waals surface area contributed by atoms with Gasteiger partial charge in [0.2, 0.25) is 0 Å². The number of carboxylic acid groups (broad SMARTS) is 1. The highest BCUT2D eigenvalue weighted by Crippen LogP contribution is 2.22. The summed E-state index contributed by atoms with van der Waals surface area (Å²) >= 11 is 0. The number of para-hydroxylation sites is 1. The number of amides is 1. The third-order valence-corrected chi connectivity index (χ3v) is 3.89. The predicted molar refractivity (Wildman–Crippen MR) is 81.4 cm³/mol. The zero-order valence-electron chi connectivity index (χ0n) is 12.4. The highest BCUT2D eigenvalue weighted by Gasteiger charge is 2.27. The summed E-state index contributed by atoms with van der Waals surface area (Å²) in [6, 6.07) is 6.61. The van der Waals surface area contributed by atoms with E-state index in [0.717, 1.165) is 16.6 Å². The molecule has 0 fully saturated rings. The minimum absolute atomic E-state index is 0.128. The number of fused-ring (bicyclic) bond motifs is 1. The summed E-state index contributed by atoms with van der Waals surface area (Å²) in [5, 5.41) is 12.7. The predicted octanol–water partition coefficient (Wildman–Crippen LogP) is 2.71. The van der Waals surface area contributed by atoms with Crippen molar-refractivity contribution in [1.82, 2.24) is 10.3 Å². The summed E-state index contributed by atoms with van der Waals surface area (Å²) in [5.41, 5.74) is 2.12. The second-order valence-corrected chi connectivity index (χ2v) is 5.35. The summed E-state index contributed by atoms with van der Waals surface area (Å²) in [7, 11) is 0. The van der Waals surface area contributed by atoms with Crippen LogP contribution in [0.3, 0.4) is 0 Å². The van der Waals surface area contributed by atoms with Gasteiger partial charge in [0.1, 0.15) is 6.04 Å². The fraction of sp³-hybridized carbons (Fsp3) is 0.375. The van der Waals surface area contributed by atoms with Gasteiger partial charge in [-0.05, 0) is 18.9 Å². The molecule has 1 amide bonds. The molecule has 2 aromatic rings. The molecule has 0 bridgehead atoms. The van der Waals surface area contributed by atoms with Crippen molar-refractivity contribution in [2.45, 2.75) is 33.2 Å². The van der Waals surface area contributed by atoms with Crippen LogP contribution in [0, 0.1) is 12.8 Å². The zero-order chi connectivity index (χ0) is 15.6. The van der Waals surface area contributed by atoms with Crippen LogP contribution in [0.5, 0.6) is 0 Å². The molecule has 3 N–H and O–H groups in total. The van der Waals surface area contributed by atoms with Crippen LogP contribution in [0.2, 0.25) is 0 Å². The van der Waals surface area contributed by atoms with Gasteiger partial charge in [-0.15, -0.1) is 0 Å². The number of aliphatic carboxylic acids is 1. The van der Waals surface area contributed by atoms with Crippen molar-refractivity contribution in [3.63, 3.8) is 0 Å². The molecule has 0 spiro atoms. The number of aromatic nitrogens is 1. The first-order chi connectivity index (χ1) is 9.95. The molecular formula is C16H20N2O3. The molecule has 0 aliphatic carbocycles. The van der Waals surface area contributed by atoms with E-state index in [1.165, 1.54) is 0 Å². The van der Waals surface area contributed by atoms with Crippen molar-refractivity contribution in [2.75, 3.05) is 0 Å². The van der Waals surface area contributed by atoms with Gasteiger partial charge in [0.05, 0.1) is 5.56 Å². The molecule has 2 atom stereocenters. The van der Waals surface area contributed by atoms with Crippen molar-refractivity contribution in [3.8, 4) is 0 Å². The van der Waals surface area contributed by atoms with E-state index >= 15 is 0 Å². The molecule has 112 valence electrons. The van der Waals surface area contributed by atoms with Crippen LogP contribution in [0.15, 0.2) is 24.3 Å². The lowest BCUT2D eigenvalue weighted by molar-refractivity contribution is -0.140. The van der Waals surface area contributed by atoms with E-state index in [1.807, 2.05) is 45.0 Å². The van der Waals surface area contributed by atoms with E-state index in [2.05, 4.69) is 10.3 Å². The largest absolute Gasteiger partial charge is 0.480 e. The minimum Gasteiger partial charge on any atom is -0.480 e. The van der Waals surface area contributed by atoms with E-state index in [-0.39, 0.29) is 11.8 Å². The van der Waals surface area contributed by atoms with Crippen molar-refractivity contribution >= 4 is 22.8 Å². The monoisotopic (exact) mass is 288 g/mol. The Bertz CT molecular complexity index is 675. The lowest BCUT2D eigenvalue weighted by atomic mass is 9.98. The fourth-order valence-corrected chi connectivity index (χ4v) is 2.47. The number of carbonyl (C=O) groups is 2. The minimum atomic E-state index is -1.00. The third-order valence-electron chi connectivity index (χ3n) is 3.89. The Labute approximate surface area is 123 Å². The number of nitrogens with one attached hydrogen (secondary N) is 2. The summed E-state index contributed by atoms with van der Waals surface area (Å²) < 4.78 is 0. The van der Waals surface area contributed by atoms with Gasteiger partial charge in [0, 0.05) is 16.6 Å². The number of hydrogen-bond acceptors (Lipinski definition) is 2. The number of aryl methyl sites for hydroxylation is 1. The van der Waals surface area contributed by atoms with Gasteiger partial charge in [-0.1, -0.05) is 38.5 Å². The van der Waals surface area contributed by atoms with Crippen LogP contribution in [0.1, 0.15) is 36.3 Å². The number of carboxylic acids is 1. The molecule has 0 aliphatic rings. The van der Waals surface area contributed by atoms with E-state index in [9.17, 15) is 14.7 Å². The van der Waals surface area contributed by atoms with Crippen molar-refractivity contribution in [1.29, 1.82) is 0 Å². The maximum atomic E-state index is 12.5. The molecule has 5 nitrogen and oxygen atoms in total. The topological polar surface area (TPSA) is 82.2 Å². The number of hydrogen-bond donors (Lipinski definition) is 3. The number of rotatable bonds is 5. The average Bonchev–Trinajstić information content (AvgIpc) is 2.79. The van der Waals surface area contributed by atoms with E-state index in [0.29, 0.717) is 12.0 Å². The second-order valence-electron chi connectivity index (χ2n) is 5.35. The van der Waals surface area contributed by atoms with Crippen LogP contribution < -0.4 is 5.32 Å². The molecule has 5 heteroatoms. The van der Waals surface area contributed by atoms with Crippen molar-refractivity contribution in [3.05, 3.63) is 35.5 Å². The first kappa shape index (κ1) is 15.1. The summed E-state index contributed by atoms with van der Waals surface area (Å²) in [4.78, 5) is 27.0. The molecule has 1 unspecified atom stereocenters. The van der Waals surface area contributed by atoms with Gasteiger partial charge in [-0.2, -0.15) is 0 Å². The van der Waals surface area contributed by atoms with Gasteiger partial charge >= 0.3 is 5.97 Å². The van der Waals surface area contributed by atoms with Gasteiger partial charge in [-0.3, -0.25) is 4.79 Å². The number of benzene rings is 1. The van der Waals surface area contributed by atoms with Gasteiger partial charge in [0.25, 0.3) is 5.91 Å². The van der Waals surface area contributed by atoms with Gasteiger partial charge in [0.15, 0.2) is 0 Å². The Kier molecular flexibility index (Phi) is 4.31. The van der Waals surface area contributed by atoms with E-state index < -0.39 is 12.0 Å². The summed E-state index contributed by atoms with van der Waals surface area (Å²) in [6.45, 7) is 5.54. The normalized spacial score (nSPS) is 13.9. The molecule has 1 aromatic carbocycles. The molecule has 0 aliphatic heterocycles. The zero-order valence-corrected chi connectivity index (χ0v) is 12.4. The number of aromatic amines is 1. The van der Waals surface area contributed by atoms with Crippen LogP contribution in [0.4, 0.5) is 0 Å². The Balaban J connectivity index is 2.34. The van der Waals surface area contributed by atoms with Crippen LogP contribution >= 0.6 is 0 Å². The first-order valence-electron chi connectivity index (χ1n) is 7.06. The second kappa shape index (κ2) is 5.99. The Morgan fingerprint density at radius 2 is 2.00 bits per heavy atom. The van der Waals surface area contributed by atoms with Crippen molar-refractivity contribution < 1.29 is 14.7 Å².